The molecule has 0 heterocycles. The van der Waals surface area contributed by atoms with Crippen molar-refractivity contribution < 1.29 is 42.9 Å². The number of hydrogen-bond acceptors (Lipinski definition) is 9. The Hall–Kier alpha value is -3.40. The Bertz CT molecular complexity index is 802. The fourth-order valence-electron chi connectivity index (χ4n) is 2.49. The van der Waals surface area contributed by atoms with Crippen LogP contribution in [0.4, 0.5) is 0 Å². The van der Waals surface area contributed by atoms with Gasteiger partial charge in [0.25, 0.3) is 0 Å². The second kappa shape index (κ2) is 15.4. The summed E-state index contributed by atoms with van der Waals surface area (Å²) in [6, 6.07) is 12.3. The summed E-state index contributed by atoms with van der Waals surface area (Å²) in [5, 5.41) is 0. The molecule has 2 rings (SSSR count). The van der Waals surface area contributed by atoms with Crippen molar-refractivity contribution in [3.05, 3.63) is 70.8 Å². The molecule has 0 N–H and O–H groups in total. The summed E-state index contributed by atoms with van der Waals surface area (Å²) in [6.07, 6.45) is 1.40. The highest BCUT2D eigenvalue weighted by Gasteiger charge is 2.07. The SMILES string of the molecule is O=Cc1ccc(C(=O)OCCOCCOCCOCCOC(=O)c2ccc(C=O)cc2)cc1. The van der Waals surface area contributed by atoms with E-state index in [1.807, 2.05) is 0 Å². The Kier molecular flexibility index (Phi) is 12.1. The van der Waals surface area contributed by atoms with Gasteiger partial charge in [-0.05, 0) is 24.3 Å². The van der Waals surface area contributed by atoms with Crippen LogP contribution >= 0.6 is 0 Å². The van der Waals surface area contributed by atoms with Crippen LogP contribution in [-0.4, -0.2) is 77.4 Å². The van der Waals surface area contributed by atoms with Gasteiger partial charge in [-0.25, -0.2) is 9.59 Å². The number of hydrogen-bond donors (Lipinski definition) is 0. The van der Waals surface area contributed by atoms with Crippen LogP contribution < -0.4 is 0 Å². The van der Waals surface area contributed by atoms with E-state index in [0.29, 0.717) is 61.3 Å². The third-order valence-corrected chi connectivity index (χ3v) is 4.23. The van der Waals surface area contributed by atoms with Gasteiger partial charge in [0.15, 0.2) is 0 Å². The first-order valence-electron chi connectivity index (χ1n) is 10.3. The van der Waals surface area contributed by atoms with Crippen molar-refractivity contribution in [3.63, 3.8) is 0 Å². The summed E-state index contributed by atoms with van der Waals surface area (Å²) in [5.74, 6) is -0.961. The van der Waals surface area contributed by atoms with E-state index < -0.39 is 11.9 Å². The van der Waals surface area contributed by atoms with Crippen molar-refractivity contribution >= 4 is 24.5 Å². The Balaban J connectivity index is 1.38. The lowest BCUT2D eigenvalue weighted by Crippen LogP contribution is -2.15. The molecule has 0 bridgehead atoms. The molecule has 176 valence electrons. The Morgan fingerprint density at radius 1 is 0.515 bits per heavy atom. The molecule has 9 nitrogen and oxygen atoms in total. The van der Waals surface area contributed by atoms with Gasteiger partial charge in [-0.15, -0.1) is 0 Å². The predicted molar refractivity (Wildman–Crippen MR) is 117 cm³/mol. The first kappa shape index (κ1) is 25.9. The number of benzene rings is 2. The summed E-state index contributed by atoms with van der Waals surface area (Å²) in [4.78, 5) is 44.8. The van der Waals surface area contributed by atoms with Gasteiger partial charge in [0.05, 0.1) is 50.8 Å². The highest BCUT2D eigenvalue weighted by atomic mass is 16.6. The molecule has 0 saturated heterocycles. The highest BCUT2D eigenvalue weighted by Crippen LogP contribution is 2.05. The zero-order valence-corrected chi connectivity index (χ0v) is 18.1. The van der Waals surface area contributed by atoms with Gasteiger partial charge in [-0.1, -0.05) is 24.3 Å². The molecule has 0 saturated carbocycles. The average molecular weight is 458 g/mol. The van der Waals surface area contributed by atoms with E-state index in [9.17, 15) is 19.2 Å². The fourth-order valence-corrected chi connectivity index (χ4v) is 2.49. The van der Waals surface area contributed by atoms with Gasteiger partial charge >= 0.3 is 11.9 Å². The lowest BCUT2D eigenvalue weighted by atomic mass is 10.1. The van der Waals surface area contributed by atoms with Crippen molar-refractivity contribution in [1.82, 2.24) is 0 Å². The molecule has 0 amide bonds. The number of carbonyl (C=O) groups is 4. The summed E-state index contributed by atoms with van der Waals surface area (Å²) in [7, 11) is 0. The maximum atomic E-state index is 11.8. The molecule has 2 aromatic rings. The Morgan fingerprint density at radius 2 is 0.818 bits per heavy atom. The van der Waals surface area contributed by atoms with Gasteiger partial charge < -0.3 is 23.7 Å². The second-order valence-electron chi connectivity index (χ2n) is 6.59. The van der Waals surface area contributed by atoms with Crippen molar-refractivity contribution in [3.8, 4) is 0 Å². The van der Waals surface area contributed by atoms with E-state index in [4.69, 9.17) is 23.7 Å². The topological polar surface area (TPSA) is 114 Å². The summed E-state index contributed by atoms with van der Waals surface area (Å²) >= 11 is 0. The Labute approximate surface area is 191 Å². The maximum Gasteiger partial charge on any atom is 0.338 e. The smallest absolute Gasteiger partial charge is 0.338 e. The Morgan fingerprint density at radius 3 is 1.12 bits per heavy atom. The van der Waals surface area contributed by atoms with Crippen LogP contribution in [0, 0.1) is 0 Å². The van der Waals surface area contributed by atoms with Crippen LogP contribution in [0.25, 0.3) is 0 Å². The monoisotopic (exact) mass is 458 g/mol. The zero-order chi connectivity index (χ0) is 23.7. The lowest BCUT2D eigenvalue weighted by molar-refractivity contribution is -0.00675. The number of carbonyl (C=O) groups excluding carboxylic acids is 4. The molecular formula is C24H26O9. The minimum absolute atomic E-state index is 0.108. The van der Waals surface area contributed by atoms with Gasteiger partial charge in [-0.2, -0.15) is 0 Å². The molecule has 0 spiro atoms. The number of esters is 2. The van der Waals surface area contributed by atoms with Crippen LogP contribution in [0.15, 0.2) is 48.5 Å². The van der Waals surface area contributed by atoms with E-state index in [2.05, 4.69) is 0 Å². The van der Waals surface area contributed by atoms with Crippen LogP contribution in [0.2, 0.25) is 0 Å². The fraction of sp³-hybridized carbons (Fsp3) is 0.333. The van der Waals surface area contributed by atoms with E-state index in [1.54, 1.807) is 24.3 Å². The molecule has 0 radical (unpaired) electrons. The third-order valence-electron chi connectivity index (χ3n) is 4.23. The normalized spacial score (nSPS) is 10.4. The van der Waals surface area contributed by atoms with E-state index >= 15 is 0 Å². The quantitative estimate of drug-likeness (QED) is 0.212. The van der Waals surface area contributed by atoms with E-state index in [-0.39, 0.29) is 26.4 Å². The minimum Gasteiger partial charge on any atom is -0.460 e. The van der Waals surface area contributed by atoms with E-state index in [1.165, 1.54) is 24.3 Å². The number of aldehydes is 2. The van der Waals surface area contributed by atoms with Crippen LogP contribution in [0.3, 0.4) is 0 Å². The van der Waals surface area contributed by atoms with Crippen molar-refractivity contribution in [2.75, 3.05) is 52.9 Å². The van der Waals surface area contributed by atoms with Crippen LogP contribution in [-0.2, 0) is 23.7 Å². The maximum absolute atomic E-state index is 11.8. The van der Waals surface area contributed by atoms with Crippen molar-refractivity contribution in [2.45, 2.75) is 0 Å². The molecule has 0 fully saturated rings. The number of rotatable bonds is 16. The third kappa shape index (κ3) is 10.2. The van der Waals surface area contributed by atoms with Crippen molar-refractivity contribution in [1.29, 1.82) is 0 Å². The summed E-state index contributed by atoms with van der Waals surface area (Å²) in [6.45, 7) is 2.09. The van der Waals surface area contributed by atoms with Gasteiger partial charge in [-0.3, -0.25) is 9.59 Å². The predicted octanol–water partition coefficient (Wildman–Crippen LogP) is 2.38. The molecule has 33 heavy (non-hydrogen) atoms. The molecular weight excluding hydrogens is 432 g/mol. The summed E-state index contributed by atoms with van der Waals surface area (Å²) < 4.78 is 26.1. The first-order chi connectivity index (χ1) is 16.1. The minimum atomic E-state index is -0.481. The van der Waals surface area contributed by atoms with Crippen LogP contribution in [0.1, 0.15) is 41.4 Å². The van der Waals surface area contributed by atoms with Gasteiger partial charge in [0, 0.05) is 11.1 Å². The molecule has 0 atom stereocenters. The highest BCUT2D eigenvalue weighted by molar-refractivity contribution is 5.91. The standard InChI is InChI=1S/C24H26O9/c25-17-19-1-5-21(6-2-19)23(27)32-15-13-30-11-9-29-10-12-31-14-16-33-24(28)22-7-3-20(18-26)4-8-22/h1-8,17-18H,9-16H2. The molecule has 0 aromatic heterocycles. The largest absolute Gasteiger partial charge is 0.460 e. The lowest BCUT2D eigenvalue weighted by Gasteiger charge is -2.08. The molecule has 9 heteroatoms. The zero-order valence-electron chi connectivity index (χ0n) is 18.1. The first-order valence-corrected chi connectivity index (χ1v) is 10.3. The van der Waals surface area contributed by atoms with Gasteiger partial charge in [0.1, 0.15) is 25.8 Å². The average Bonchev–Trinajstić information content (AvgIpc) is 2.86. The van der Waals surface area contributed by atoms with E-state index in [0.717, 1.165) is 0 Å². The molecule has 0 unspecified atom stereocenters. The molecule has 2 aromatic carbocycles. The van der Waals surface area contributed by atoms with Gasteiger partial charge in [0.2, 0.25) is 0 Å². The van der Waals surface area contributed by atoms with Crippen molar-refractivity contribution in [2.24, 2.45) is 0 Å². The molecule has 0 aliphatic rings. The van der Waals surface area contributed by atoms with Crippen LogP contribution in [0.5, 0.6) is 0 Å². The summed E-state index contributed by atoms with van der Waals surface area (Å²) in [5.41, 5.74) is 1.71. The second-order valence-corrected chi connectivity index (χ2v) is 6.59. The number of ether oxygens (including phenoxy) is 5. The molecule has 0 aliphatic heterocycles. The molecule has 0 aliphatic carbocycles.